The van der Waals surface area contributed by atoms with Gasteiger partial charge < -0.3 is 24.8 Å². The lowest BCUT2D eigenvalue weighted by Gasteiger charge is -2.18. The van der Waals surface area contributed by atoms with Crippen molar-refractivity contribution < 1.29 is 19.0 Å². The van der Waals surface area contributed by atoms with Crippen molar-refractivity contribution in [2.45, 2.75) is 19.9 Å². The molecule has 6 heteroatoms. The van der Waals surface area contributed by atoms with Gasteiger partial charge in [0.2, 0.25) is 5.91 Å². The summed E-state index contributed by atoms with van der Waals surface area (Å²) in [4.78, 5) is 12.5. The highest BCUT2D eigenvalue weighted by atomic mass is 16.5. The summed E-state index contributed by atoms with van der Waals surface area (Å²) in [5.74, 6) is 1.68. The number of hydrogen-bond donors (Lipinski definition) is 2. The van der Waals surface area contributed by atoms with Crippen LogP contribution in [0, 0.1) is 6.92 Å². The molecule has 6 nitrogen and oxygen atoms in total. The van der Waals surface area contributed by atoms with E-state index in [0.717, 1.165) is 11.3 Å². The van der Waals surface area contributed by atoms with Crippen LogP contribution in [0.2, 0.25) is 0 Å². The van der Waals surface area contributed by atoms with Crippen molar-refractivity contribution in [1.82, 2.24) is 0 Å². The van der Waals surface area contributed by atoms with E-state index in [2.05, 4.69) is 10.6 Å². The number of ether oxygens (including phenoxy) is 3. The molecule has 0 aliphatic carbocycles. The van der Waals surface area contributed by atoms with Gasteiger partial charge in [0.05, 0.1) is 27.0 Å². The van der Waals surface area contributed by atoms with Crippen LogP contribution in [0.5, 0.6) is 17.2 Å². The van der Waals surface area contributed by atoms with E-state index in [1.165, 1.54) is 0 Å². The summed E-state index contributed by atoms with van der Waals surface area (Å²) >= 11 is 0. The highest BCUT2D eigenvalue weighted by Crippen LogP contribution is 2.30. The monoisotopic (exact) mass is 344 g/mol. The number of carbonyl (C=O) groups excluding carboxylic acids is 1. The number of aryl methyl sites for hydroxylation is 1. The summed E-state index contributed by atoms with van der Waals surface area (Å²) in [7, 11) is 4.72. The Bertz CT molecular complexity index is 746. The minimum absolute atomic E-state index is 0.171. The molecule has 0 aromatic heterocycles. The van der Waals surface area contributed by atoms with Gasteiger partial charge in [-0.25, -0.2) is 0 Å². The molecule has 0 aliphatic heterocycles. The number of benzene rings is 2. The predicted molar refractivity (Wildman–Crippen MR) is 99.0 cm³/mol. The molecule has 0 saturated heterocycles. The van der Waals surface area contributed by atoms with E-state index in [1.54, 1.807) is 46.5 Å². The maximum absolute atomic E-state index is 12.5. The van der Waals surface area contributed by atoms with Crippen LogP contribution in [0.3, 0.4) is 0 Å². The molecule has 25 heavy (non-hydrogen) atoms. The summed E-state index contributed by atoms with van der Waals surface area (Å²) in [5.41, 5.74) is 2.49. The maximum Gasteiger partial charge on any atom is 0.246 e. The van der Waals surface area contributed by atoms with Crippen LogP contribution < -0.4 is 24.8 Å². The lowest BCUT2D eigenvalue weighted by Crippen LogP contribution is -2.32. The summed E-state index contributed by atoms with van der Waals surface area (Å²) in [6.45, 7) is 3.77. The first-order chi connectivity index (χ1) is 12.0. The standard InChI is InChI=1S/C19H24N2O4/c1-12-6-8-16(23-3)15(10-12)20-13(2)19(22)21-14-7-9-17(24-4)18(11-14)25-5/h6-11,13,20H,1-5H3,(H,21,22). The van der Waals surface area contributed by atoms with Crippen LogP contribution in [0.15, 0.2) is 36.4 Å². The zero-order chi connectivity index (χ0) is 18.4. The number of methoxy groups -OCH3 is 3. The topological polar surface area (TPSA) is 68.8 Å². The smallest absolute Gasteiger partial charge is 0.246 e. The second kappa shape index (κ2) is 8.28. The Hall–Kier alpha value is -2.89. The number of rotatable bonds is 7. The maximum atomic E-state index is 12.5. The Morgan fingerprint density at radius 3 is 2.20 bits per heavy atom. The van der Waals surface area contributed by atoms with Crippen molar-refractivity contribution in [3.63, 3.8) is 0 Å². The van der Waals surface area contributed by atoms with Crippen LogP contribution in [0.4, 0.5) is 11.4 Å². The van der Waals surface area contributed by atoms with Crippen LogP contribution >= 0.6 is 0 Å². The van der Waals surface area contributed by atoms with Crippen molar-refractivity contribution in [1.29, 1.82) is 0 Å². The minimum atomic E-state index is -0.455. The first-order valence-electron chi connectivity index (χ1n) is 7.92. The van der Waals surface area contributed by atoms with Crippen molar-refractivity contribution in [2.75, 3.05) is 32.0 Å². The molecule has 2 aromatic carbocycles. The molecule has 2 N–H and O–H groups in total. The number of amides is 1. The molecule has 0 spiro atoms. The molecule has 2 aromatic rings. The largest absolute Gasteiger partial charge is 0.495 e. The van der Waals surface area contributed by atoms with Gasteiger partial charge in [-0.1, -0.05) is 6.07 Å². The number of carbonyl (C=O) groups is 1. The Kier molecular flexibility index (Phi) is 6.11. The van der Waals surface area contributed by atoms with Gasteiger partial charge in [-0.2, -0.15) is 0 Å². The molecule has 0 radical (unpaired) electrons. The van der Waals surface area contributed by atoms with E-state index >= 15 is 0 Å². The van der Waals surface area contributed by atoms with Gasteiger partial charge in [-0.15, -0.1) is 0 Å². The predicted octanol–water partition coefficient (Wildman–Crippen LogP) is 3.46. The van der Waals surface area contributed by atoms with E-state index in [-0.39, 0.29) is 5.91 Å². The summed E-state index contributed by atoms with van der Waals surface area (Å²) < 4.78 is 15.8. The first kappa shape index (κ1) is 18.4. The fourth-order valence-corrected chi connectivity index (χ4v) is 2.40. The van der Waals surface area contributed by atoms with E-state index in [0.29, 0.717) is 22.9 Å². The lowest BCUT2D eigenvalue weighted by molar-refractivity contribution is -0.116. The van der Waals surface area contributed by atoms with E-state index in [1.807, 2.05) is 25.1 Å². The molecule has 0 bridgehead atoms. The Morgan fingerprint density at radius 2 is 1.56 bits per heavy atom. The molecular weight excluding hydrogens is 320 g/mol. The van der Waals surface area contributed by atoms with Gasteiger partial charge in [0, 0.05) is 11.8 Å². The fraction of sp³-hybridized carbons (Fsp3) is 0.316. The molecule has 0 saturated carbocycles. The minimum Gasteiger partial charge on any atom is -0.495 e. The van der Waals surface area contributed by atoms with Crippen LogP contribution in [0.1, 0.15) is 12.5 Å². The molecule has 1 unspecified atom stereocenters. The lowest BCUT2D eigenvalue weighted by atomic mass is 10.2. The third-order valence-electron chi connectivity index (χ3n) is 3.77. The van der Waals surface area contributed by atoms with Crippen molar-refractivity contribution in [3.05, 3.63) is 42.0 Å². The van der Waals surface area contributed by atoms with Crippen molar-refractivity contribution in [2.24, 2.45) is 0 Å². The van der Waals surface area contributed by atoms with Gasteiger partial charge >= 0.3 is 0 Å². The molecule has 1 amide bonds. The zero-order valence-electron chi connectivity index (χ0n) is 15.2. The summed E-state index contributed by atoms with van der Waals surface area (Å²) in [6, 6.07) is 10.5. The van der Waals surface area contributed by atoms with Gasteiger partial charge in [0.15, 0.2) is 11.5 Å². The zero-order valence-corrected chi connectivity index (χ0v) is 15.2. The van der Waals surface area contributed by atoms with Crippen LogP contribution in [-0.2, 0) is 4.79 Å². The Morgan fingerprint density at radius 1 is 0.920 bits per heavy atom. The van der Waals surface area contributed by atoms with Gasteiger partial charge in [0.25, 0.3) is 0 Å². The Balaban J connectivity index is 2.09. The molecule has 0 fully saturated rings. The van der Waals surface area contributed by atoms with Gasteiger partial charge in [-0.05, 0) is 43.7 Å². The molecule has 2 rings (SSSR count). The van der Waals surface area contributed by atoms with E-state index in [9.17, 15) is 4.79 Å². The van der Waals surface area contributed by atoms with E-state index < -0.39 is 6.04 Å². The summed E-state index contributed by atoms with van der Waals surface area (Å²) in [5, 5.41) is 6.04. The third-order valence-corrected chi connectivity index (χ3v) is 3.77. The SMILES string of the molecule is COc1ccc(C)cc1NC(C)C(=O)Nc1ccc(OC)c(OC)c1. The van der Waals surface area contributed by atoms with Gasteiger partial charge in [0.1, 0.15) is 11.8 Å². The highest BCUT2D eigenvalue weighted by Gasteiger charge is 2.16. The van der Waals surface area contributed by atoms with Crippen LogP contribution in [0.25, 0.3) is 0 Å². The quantitative estimate of drug-likeness (QED) is 0.805. The number of hydrogen-bond acceptors (Lipinski definition) is 5. The average molecular weight is 344 g/mol. The number of anilines is 2. The number of nitrogens with one attached hydrogen (secondary N) is 2. The second-order valence-electron chi connectivity index (χ2n) is 5.63. The first-order valence-corrected chi connectivity index (χ1v) is 7.92. The Labute approximate surface area is 148 Å². The second-order valence-corrected chi connectivity index (χ2v) is 5.63. The molecule has 1 atom stereocenters. The molecule has 134 valence electrons. The summed E-state index contributed by atoms with van der Waals surface area (Å²) in [6.07, 6.45) is 0. The van der Waals surface area contributed by atoms with E-state index in [4.69, 9.17) is 14.2 Å². The van der Waals surface area contributed by atoms with Crippen molar-refractivity contribution in [3.8, 4) is 17.2 Å². The average Bonchev–Trinajstić information content (AvgIpc) is 2.61. The van der Waals surface area contributed by atoms with Gasteiger partial charge in [-0.3, -0.25) is 4.79 Å². The fourth-order valence-electron chi connectivity index (χ4n) is 2.40. The highest BCUT2D eigenvalue weighted by molar-refractivity contribution is 5.96. The molecular formula is C19H24N2O4. The third kappa shape index (κ3) is 4.56. The van der Waals surface area contributed by atoms with Crippen LogP contribution in [-0.4, -0.2) is 33.3 Å². The molecule has 0 heterocycles. The van der Waals surface area contributed by atoms with Crippen molar-refractivity contribution >= 4 is 17.3 Å². The molecule has 0 aliphatic rings. The normalized spacial score (nSPS) is 11.4.